The molecule has 2 aromatic rings. The average molecular weight is 343 g/mol. The molecule has 2 saturated heterocycles. The van der Waals surface area contributed by atoms with Crippen LogP contribution >= 0.6 is 0 Å². The fourth-order valence-corrected chi connectivity index (χ4v) is 3.78. The van der Waals surface area contributed by atoms with Crippen LogP contribution in [0.3, 0.4) is 0 Å². The summed E-state index contributed by atoms with van der Waals surface area (Å²) in [5, 5.41) is 0. The van der Waals surface area contributed by atoms with Crippen LogP contribution in [0.15, 0.2) is 41.6 Å². The van der Waals surface area contributed by atoms with E-state index >= 15 is 0 Å². The lowest BCUT2D eigenvalue weighted by molar-refractivity contribution is -0.135. The predicted molar refractivity (Wildman–Crippen MR) is 88.6 cm³/mol. The summed E-state index contributed by atoms with van der Waals surface area (Å²) < 4.78 is 14.4. The fourth-order valence-electron chi connectivity index (χ4n) is 3.78. The molecule has 0 aliphatic carbocycles. The molecule has 2 bridgehead atoms. The minimum atomic E-state index is -0.603. The third-order valence-corrected chi connectivity index (χ3v) is 4.91. The zero-order valence-corrected chi connectivity index (χ0v) is 13.6. The average Bonchev–Trinajstić information content (AvgIpc) is 2.88. The van der Waals surface area contributed by atoms with E-state index in [-0.39, 0.29) is 30.1 Å². The first-order valence-electron chi connectivity index (χ1n) is 8.31. The van der Waals surface area contributed by atoms with Crippen LogP contribution in [-0.2, 0) is 11.3 Å². The summed E-state index contributed by atoms with van der Waals surface area (Å²) in [6.07, 6.45) is 6.01. The van der Waals surface area contributed by atoms with Crippen LogP contribution < -0.4 is 10.5 Å². The molecule has 8 heteroatoms. The van der Waals surface area contributed by atoms with Gasteiger partial charge in [0.2, 0.25) is 11.9 Å². The molecule has 0 radical (unpaired) electrons. The number of hydrogen-bond donors (Lipinski definition) is 0. The second-order valence-electron chi connectivity index (χ2n) is 6.46. The second-order valence-corrected chi connectivity index (χ2v) is 6.46. The van der Waals surface area contributed by atoms with Gasteiger partial charge < -0.3 is 14.4 Å². The lowest BCUT2D eigenvalue weighted by Gasteiger charge is -2.41. The zero-order chi connectivity index (χ0) is 17.4. The largest absolute Gasteiger partial charge is 0.351 e. The topological polar surface area (TPSA) is 71.3 Å². The van der Waals surface area contributed by atoms with E-state index < -0.39 is 5.95 Å². The first-order valence-corrected chi connectivity index (χ1v) is 8.31. The van der Waals surface area contributed by atoms with Gasteiger partial charge in [-0.1, -0.05) is 6.07 Å². The van der Waals surface area contributed by atoms with E-state index in [9.17, 15) is 14.0 Å². The highest BCUT2D eigenvalue weighted by Gasteiger charge is 2.42. The van der Waals surface area contributed by atoms with Crippen LogP contribution in [0, 0.1) is 5.95 Å². The molecule has 2 aromatic heterocycles. The Kier molecular flexibility index (Phi) is 3.95. The minimum absolute atomic E-state index is 0.0364. The quantitative estimate of drug-likeness (QED) is 0.819. The summed E-state index contributed by atoms with van der Waals surface area (Å²) in [6, 6.07) is 5.02. The number of rotatable bonds is 3. The van der Waals surface area contributed by atoms with Crippen LogP contribution in [0.25, 0.3) is 0 Å². The van der Waals surface area contributed by atoms with Gasteiger partial charge in [0.25, 0.3) is 5.56 Å². The van der Waals surface area contributed by atoms with Gasteiger partial charge in [0.15, 0.2) is 0 Å². The molecule has 2 fully saturated rings. The van der Waals surface area contributed by atoms with Crippen molar-refractivity contribution in [2.75, 3.05) is 18.0 Å². The number of anilines is 1. The maximum Gasteiger partial charge on any atom is 0.250 e. The van der Waals surface area contributed by atoms with Crippen LogP contribution in [0.1, 0.15) is 12.8 Å². The van der Waals surface area contributed by atoms with Gasteiger partial charge in [-0.25, -0.2) is 9.97 Å². The van der Waals surface area contributed by atoms with Crippen molar-refractivity contribution in [2.45, 2.75) is 31.5 Å². The molecule has 2 atom stereocenters. The molecule has 0 aromatic carbocycles. The summed E-state index contributed by atoms with van der Waals surface area (Å²) in [7, 11) is 0. The molecule has 25 heavy (non-hydrogen) atoms. The van der Waals surface area contributed by atoms with Gasteiger partial charge in [-0.3, -0.25) is 9.59 Å². The van der Waals surface area contributed by atoms with Crippen molar-refractivity contribution < 1.29 is 9.18 Å². The number of fused-ring (bicyclic) bond motifs is 2. The van der Waals surface area contributed by atoms with Gasteiger partial charge in [-0.2, -0.15) is 4.39 Å². The molecular weight excluding hydrogens is 325 g/mol. The number of piperazine rings is 1. The molecule has 4 heterocycles. The third-order valence-electron chi connectivity index (χ3n) is 4.91. The lowest BCUT2D eigenvalue weighted by Crippen LogP contribution is -2.57. The molecule has 0 N–H and O–H groups in total. The Bertz CT molecular complexity index is 823. The predicted octanol–water partition coefficient (Wildman–Crippen LogP) is 0.657. The van der Waals surface area contributed by atoms with E-state index in [0.717, 1.165) is 19.0 Å². The number of amides is 1. The maximum absolute atomic E-state index is 13.0. The van der Waals surface area contributed by atoms with Gasteiger partial charge in [-0.05, 0) is 18.9 Å². The lowest BCUT2D eigenvalue weighted by atomic mass is 10.2. The highest BCUT2D eigenvalue weighted by molar-refractivity contribution is 5.77. The van der Waals surface area contributed by atoms with Crippen molar-refractivity contribution in [3.63, 3.8) is 0 Å². The van der Waals surface area contributed by atoms with Gasteiger partial charge in [0, 0.05) is 37.4 Å². The van der Waals surface area contributed by atoms with E-state index in [1.807, 2.05) is 9.80 Å². The molecule has 0 spiro atoms. The minimum Gasteiger partial charge on any atom is -0.351 e. The Hall–Kier alpha value is -2.77. The number of aromatic nitrogens is 3. The number of pyridine rings is 1. The highest BCUT2D eigenvalue weighted by atomic mass is 19.1. The van der Waals surface area contributed by atoms with E-state index in [0.29, 0.717) is 18.9 Å². The normalized spacial score (nSPS) is 22.3. The molecule has 2 unspecified atom stereocenters. The Morgan fingerprint density at radius 3 is 2.56 bits per heavy atom. The smallest absolute Gasteiger partial charge is 0.250 e. The number of carbonyl (C=O) groups is 1. The van der Waals surface area contributed by atoms with Crippen molar-refractivity contribution >= 4 is 11.7 Å². The van der Waals surface area contributed by atoms with Crippen molar-refractivity contribution in [3.05, 3.63) is 53.1 Å². The summed E-state index contributed by atoms with van der Waals surface area (Å²) in [5.74, 6) is -0.0100. The molecule has 0 saturated carbocycles. The van der Waals surface area contributed by atoms with E-state index in [1.165, 1.54) is 16.8 Å². The van der Waals surface area contributed by atoms with Gasteiger partial charge in [0.05, 0.1) is 12.4 Å². The SMILES string of the molecule is O=C(Cn1ccccc1=O)N1C2CCC1CN(c1cnc(F)cn1)C2. The monoisotopic (exact) mass is 343 g/mol. The number of halogens is 1. The first kappa shape index (κ1) is 15.7. The van der Waals surface area contributed by atoms with Crippen molar-refractivity contribution in [1.29, 1.82) is 0 Å². The number of hydrogen-bond acceptors (Lipinski definition) is 5. The standard InChI is InChI=1S/C17H18FN5O2/c18-14-7-20-15(8-19-14)22-9-12-4-5-13(10-22)23(12)17(25)11-21-6-2-1-3-16(21)24/h1-3,6-8,12-13H,4-5,9-11H2. The Morgan fingerprint density at radius 2 is 1.92 bits per heavy atom. The summed E-state index contributed by atoms with van der Waals surface area (Å²) in [5.41, 5.74) is -0.177. The Labute approximate surface area is 143 Å². The van der Waals surface area contributed by atoms with Gasteiger partial charge in [-0.15, -0.1) is 0 Å². The number of carbonyl (C=O) groups excluding carboxylic acids is 1. The molecule has 2 aliphatic rings. The maximum atomic E-state index is 13.0. The van der Waals surface area contributed by atoms with E-state index in [2.05, 4.69) is 9.97 Å². The second kappa shape index (κ2) is 6.27. The molecule has 1 amide bonds. The van der Waals surface area contributed by atoms with Crippen LogP contribution in [0.4, 0.5) is 10.2 Å². The van der Waals surface area contributed by atoms with Crippen LogP contribution in [0.2, 0.25) is 0 Å². The Morgan fingerprint density at radius 1 is 1.16 bits per heavy atom. The summed E-state index contributed by atoms with van der Waals surface area (Å²) >= 11 is 0. The summed E-state index contributed by atoms with van der Waals surface area (Å²) in [4.78, 5) is 36.3. The fraction of sp³-hybridized carbons (Fsp3) is 0.412. The van der Waals surface area contributed by atoms with E-state index in [1.54, 1.807) is 18.3 Å². The van der Waals surface area contributed by atoms with E-state index in [4.69, 9.17) is 0 Å². The first-order chi connectivity index (χ1) is 12.1. The van der Waals surface area contributed by atoms with Crippen LogP contribution in [0.5, 0.6) is 0 Å². The third kappa shape index (κ3) is 2.99. The number of nitrogens with zero attached hydrogens (tertiary/aromatic N) is 5. The molecule has 7 nitrogen and oxygen atoms in total. The molecule has 4 rings (SSSR count). The molecule has 2 aliphatic heterocycles. The van der Waals surface area contributed by atoms with Crippen molar-refractivity contribution in [3.8, 4) is 0 Å². The zero-order valence-electron chi connectivity index (χ0n) is 13.6. The van der Waals surface area contributed by atoms with Gasteiger partial charge >= 0.3 is 0 Å². The molecular formula is C17H18FN5O2. The molecule has 130 valence electrons. The van der Waals surface area contributed by atoms with Crippen molar-refractivity contribution in [1.82, 2.24) is 19.4 Å². The highest BCUT2D eigenvalue weighted by Crippen LogP contribution is 2.32. The van der Waals surface area contributed by atoms with Crippen LogP contribution in [-0.4, -0.2) is 50.5 Å². The summed E-state index contributed by atoms with van der Waals surface area (Å²) in [6.45, 7) is 1.35. The Balaban J connectivity index is 1.49. The van der Waals surface area contributed by atoms with Crippen molar-refractivity contribution in [2.24, 2.45) is 0 Å². The van der Waals surface area contributed by atoms with Gasteiger partial charge in [0.1, 0.15) is 12.4 Å².